The molecule has 0 aliphatic heterocycles. The van der Waals surface area contributed by atoms with Crippen molar-refractivity contribution in [2.24, 2.45) is 11.8 Å². The fraction of sp³-hybridized carbons (Fsp3) is 1.00. The molecule has 0 saturated heterocycles. The van der Waals surface area contributed by atoms with Crippen molar-refractivity contribution in [3.05, 3.63) is 0 Å². The highest BCUT2D eigenvalue weighted by molar-refractivity contribution is 4.88. The number of hydrogen-bond acceptors (Lipinski definition) is 2. The first-order chi connectivity index (χ1) is 8.00. The summed E-state index contributed by atoms with van der Waals surface area (Å²) in [6.45, 7) is 9.77. The Hall–Kier alpha value is -0.0800. The predicted octanol–water partition coefficient (Wildman–Crippen LogP) is 3.34. The van der Waals surface area contributed by atoms with Gasteiger partial charge in [-0.05, 0) is 44.4 Å². The number of nitrogens with one attached hydrogen (secondary N) is 1. The van der Waals surface area contributed by atoms with Crippen molar-refractivity contribution in [3.8, 4) is 0 Å². The Labute approximate surface area is 107 Å². The van der Waals surface area contributed by atoms with Crippen LogP contribution < -0.4 is 5.32 Å². The van der Waals surface area contributed by atoms with Gasteiger partial charge < -0.3 is 10.4 Å². The van der Waals surface area contributed by atoms with Gasteiger partial charge in [-0.15, -0.1) is 0 Å². The second-order valence-corrected chi connectivity index (χ2v) is 6.13. The van der Waals surface area contributed by atoms with Crippen LogP contribution in [0.2, 0.25) is 0 Å². The average Bonchev–Trinajstić information content (AvgIpc) is 2.36. The third kappa shape index (κ3) is 4.59. The molecule has 0 heterocycles. The zero-order valence-corrected chi connectivity index (χ0v) is 12.1. The third-order valence-electron chi connectivity index (χ3n) is 4.86. The highest BCUT2D eigenvalue weighted by Crippen LogP contribution is 2.33. The second-order valence-electron chi connectivity index (χ2n) is 6.13. The molecule has 2 unspecified atom stereocenters. The van der Waals surface area contributed by atoms with Gasteiger partial charge in [-0.3, -0.25) is 0 Å². The van der Waals surface area contributed by atoms with E-state index in [4.69, 9.17) is 0 Å². The van der Waals surface area contributed by atoms with E-state index in [9.17, 15) is 5.11 Å². The van der Waals surface area contributed by atoms with E-state index in [2.05, 4.69) is 33.0 Å². The van der Waals surface area contributed by atoms with Crippen LogP contribution in [0.4, 0.5) is 0 Å². The number of rotatable bonds is 6. The first-order valence-corrected chi connectivity index (χ1v) is 7.46. The Kier molecular flexibility index (Phi) is 5.94. The maximum atomic E-state index is 10.5. The van der Waals surface area contributed by atoms with Crippen molar-refractivity contribution < 1.29 is 5.11 Å². The second kappa shape index (κ2) is 6.75. The Morgan fingerprint density at radius 3 is 2.29 bits per heavy atom. The van der Waals surface area contributed by atoms with Gasteiger partial charge in [-0.1, -0.05) is 33.6 Å². The minimum atomic E-state index is -0.437. The minimum absolute atomic E-state index is 0.437. The van der Waals surface area contributed by atoms with Gasteiger partial charge in [0.25, 0.3) is 0 Å². The fourth-order valence-corrected chi connectivity index (χ4v) is 2.71. The van der Waals surface area contributed by atoms with Crippen LogP contribution in [0, 0.1) is 11.8 Å². The Bertz CT molecular complexity index is 209. The van der Waals surface area contributed by atoms with E-state index >= 15 is 0 Å². The molecule has 17 heavy (non-hydrogen) atoms. The van der Waals surface area contributed by atoms with Gasteiger partial charge in [0.15, 0.2) is 0 Å². The summed E-state index contributed by atoms with van der Waals surface area (Å²) in [5.41, 5.74) is -0.437. The van der Waals surface area contributed by atoms with Gasteiger partial charge >= 0.3 is 0 Å². The van der Waals surface area contributed by atoms with Crippen molar-refractivity contribution in [2.75, 3.05) is 6.54 Å². The van der Waals surface area contributed by atoms with Crippen LogP contribution in [0.15, 0.2) is 0 Å². The van der Waals surface area contributed by atoms with Crippen LogP contribution in [0.1, 0.15) is 66.2 Å². The summed E-state index contributed by atoms with van der Waals surface area (Å²) in [5, 5.41) is 14.1. The van der Waals surface area contributed by atoms with E-state index in [1.54, 1.807) is 0 Å². The maximum Gasteiger partial charge on any atom is 0.0771 e. The molecule has 0 aromatic carbocycles. The summed E-state index contributed by atoms with van der Waals surface area (Å²) in [6, 6.07) is 0.507. The molecular weight excluding hydrogens is 210 g/mol. The molecule has 1 saturated carbocycles. The monoisotopic (exact) mass is 241 g/mol. The van der Waals surface area contributed by atoms with Crippen molar-refractivity contribution >= 4 is 0 Å². The molecule has 0 radical (unpaired) electrons. The molecule has 2 nitrogen and oxygen atoms in total. The molecule has 2 heteroatoms. The van der Waals surface area contributed by atoms with Crippen molar-refractivity contribution in [1.29, 1.82) is 0 Å². The van der Waals surface area contributed by atoms with Crippen molar-refractivity contribution in [2.45, 2.75) is 77.9 Å². The Balaban J connectivity index is 2.31. The summed E-state index contributed by atoms with van der Waals surface area (Å²) in [5.74, 6) is 1.54. The highest BCUT2D eigenvalue weighted by atomic mass is 16.3. The molecule has 0 aromatic rings. The van der Waals surface area contributed by atoms with Crippen LogP contribution in [-0.2, 0) is 0 Å². The molecular formula is C15H31NO. The SMILES string of the molecule is CCC1CCC(O)(CNC(C)C(C)CC)CC1. The summed E-state index contributed by atoms with van der Waals surface area (Å²) >= 11 is 0. The Morgan fingerprint density at radius 2 is 1.82 bits per heavy atom. The standard InChI is InChI=1S/C15H31NO/c1-5-12(3)13(4)16-11-15(17)9-7-14(6-2)8-10-15/h12-14,16-17H,5-11H2,1-4H3. The van der Waals surface area contributed by atoms with Gasteiger partial charge in [0.2, 0.25) is 0 Å². The van der Waals surface area contributed by atoms with Crippen LogP contribution in [-0.4, -0.2) is 23.3 Å². The van der Waals surface area contributed by atoms with Crippen molar-refractivity contribution in [3.63, 3.8) is 0 Å². The van der Waals surface area contributed by atoms with Gasteiger partial charge in [0, 0.05) is 12.6 Å². The van der Waals surface area contributed by atoms with E-state index in [0.29, 0.717) is 12.0 Å². The summed E-state index contributed by atoms with van der Waals surface area (Å²) in [7, 11) is 0. The first-order valence-electron chi connectivity index (χ1n) is 7.46. The van der Waals surface area contributed by atoms with E-state index < -0.39 is 5.60 Å². The van der Waals surface area contributed by atoms with E-state index in [-0.39, 0.29) is 0 Å². The lowest BCUT2D eigenvalue weighted by atomic mass is 9.77. The maximum absolute atomic E-state index is 10.5. The van der Waals surface area contributed by atoms with Crippen molar-refractivity contribution in [1.82, 2.24) is 5.32 Å². The molecule has 2 atom stereocenters. The van der Waals surface area contributed by atoms with Crippen LogP contribution in [0.25, 0.3) is 0 Å². The largest absolute Gasteiger partial charge is 0.389 e. The molecule has 102 valence electrons. The minimum Gasteiger partial charge on any atom is -0.389 e. The topological polar surface area (TPSA) is 32.3 Å². The van der Waals surface area contributed by atoms with Crippen LogP contribution >= 0.6 is 0 Å². The van der Waals surface area contributed by atoms with E-state index in [1.165, 1.54) is 25.7 Å². The zero-order chi connectivity index (χ0) is 12.9. The molecule has 1 aliphatic carbocycles. The first kappa shape index (κ1) is 15.0. The lowest BCUT2D eigenvalue weighted by molar-refractivity contribution is -0.0114. The summed E-state index contributed by atoms with van der Waals surface area (Å²) in [6.07, 6.45) is 6.83. The average molecular weight is 241 g/mol. The number of aliphatic hydroxyl groups is 1. The molecule has 1 aliphatic rings. The zero-order valence-electron chi connectivity index (χ0n) is 12.1. The smallest absolute Gasteiger partial charge is 0.0771 e. The Morgan fingerprint density at radius 1 is 1.24 bits per heavy atom. The van der Waals surface area contributed by atoms with Gasteiger partial charge in [0.1, 0.15) is 0 Å². The summed E-state index contributed by atoms with van der Waals surface area (Å²) in [4.78, 5) is 0. The molecule has 0 spiro atoms. The molecule has 1 rings (SSSR count). The quantitative estimate of drug-likeness (QED) is 0.747. The fourth-order valence-electron chi connectivity index (χ4n) is 2.71. The molecule has 0 aromatic heterocycles. The molecule has 2 N–H and O–H groups in total. The molecule has 0 bridgehead atoms. The normalized spacial score (nSPS) is 33.4. The number of hydrogen-bond donors (Lipinski definition) is 2. The molecule has 1 fully saturated rings. The highest BCUT2D eigenvalue weighted by Gasteiger charge is 2.32. The lowest BCUT2D eigenvalue weighted by Crippen LogP contribution is -2.47. The van der Waals surface area contributed by atoms with E-state index in [0.717, 1.165) is 25.3 Å². The third-order valence-corrected chi connectivity index (χ3v) is 4.86. The predicted molar refractivity (Wildman–Crippen MR) is 74.1 cm³/mol. The van der Waals surface area contributed by atoms with Gasteiger partial charge in [0.05, 0.1) is 5.60 Å². The summed E-state index contributed by atoms with van der Waals surface area (Å²) < 4.78 is 0. The lowest BCUT2D eigenvalue weighted by Gasteiger charge is -2.37. The van der Waals surface area contributed by atoms with Gasteiger partial charge in [-0.2, -0.15) is 0 Å². The van der Waals surface area contributed by atoms with Crippen LogP contribution in [0.5, 0.6) is 0 Å². The van der Waals surface area contributed by atoms with Crippen LogP contribution in [0.3, 0.4) is 0 Å². The molecule has 0 amide bonds. The van der Waals surface area contributed by atoms with Gasteiger partial charge in [-0.25, -0.2) is 0 Å². The van der Waals surface area contributed by atoms with E-state index in [1.807, 2.05) is 0 Å².